The van der Waals surface area contributed by atoms with Crippen LogP contribution >= 0.6 is 15.9 Å². The van der Waals surface area contributed by atoms with Crippen LogP contribution in [0.3, 0.4) is 0 Å². The van der Waals surface area contributed by atoms with Gasteiger partial charge in [-0.3, -0.25) is 10.1 Å². The monoisotopic (exact) mass is 338 g/mol. The third kappa shape index (κ3) is 3.18. The number of nitrogens with one attached hydrogen (secondary N) is 1. The van der Waals surface area contributed by atoms with Gasteiger partial charge in [-0.1, -0.05) is 15.9 Å². The van der Waals surface area contributed by atoms with E-state index >= 15 is 0 Å². The summed E-state index contributed by atoms with van der Waals surface area (Å²) < 4.78 is 0.798. The average molecular weight is 339 g/mol. The summed E-state index contributed by atoms with van der Waals surface area (Å²) in [7, 11) is 0. The molecule has 0 spiro atoms. The van der Waals surface area contributed by atoms with E-state index in [1.54, 1.807) is 12.1 Å². The number of halogens is 1. The summed E-state index contributed by atoms with van der Waals surface area (Å²) in [6, 6.07) is 8.80. The fourth-order valence-corrected chi connectivity index (χ4v) is 2.12. The highest BCUT2D eigenvalue weighted by Gasteiger charge is 2.14. The van der Waals surface area contributed by atoms with Gasteiger partial charge in [0.05, 0.1) is 11.0 Å². The van der Waals surface area contributed by atoms with Crippen LogP contribution in [0.15, 0.2) is 40.9 Å². The average Bonchev–Trinajstić information content (AvgIpc) is 2.40. The molecule has 0 atom stereocenters. The number of anilines is 1. The lowest BCUT2D eigenvalue weighted by atomic mass is 10.2. The highest BCUT2D eigenvalue weighted by Crippen LogP contribution is 2.30. The van der Waals surface area contributed by atoms with Gasteiger partial charge in [0, 0.05) is 16.6 Å². The van der Waals surface area contributed by atoms with E-state index in [2.05, 4.69) is 21.2 Å². The number of hydrogen-bond donors (Lipinski definition) is 3. The zero-order valence-corrected chi connectivity index (χ0v) is 11.8. The Labute approximate surface area is 123 Å². The van der Waals surface area contributed by atoms with E-state index < -0.39 is 4.92 Å². The van der Waals surface area contributed by atoms with Gasteiger partial charge < -0.3 is 15.5 Å². The van der Waals surface area contributed by atoms with E-state index in [0.717, 1.165) is 10.5 Å². The summed E-state index contributed by atoms with van der Waals surface area (Å²) in [6.45, 7) is 0.219. The van der Waals surface area contributed by atoms with E-state index in [0.29, 0.717) is 5.56 Å². The smallest absolute Gasteiger partial charge is 0.296 e. The van der Waals surface area contributed by atoms with E-state index in [4.69, 9.17) is 0 Å². The van der Waals surface area contributed by atoms with Crippen molar-refractivity contribution >= 4 is 27.3 Å². The first-order valence-electron chi connectivity index (χ1n) is 5.66. The maximum Gasteiger partial charge on any atom is 0.296 e. The minimum absolute atomic E-state index is 0.0992. The summed E-state index contributed by atoms with van der Waals surface area (Å²) in [5.74, 6) is -0.0744. The number of aromatic hydroxyl groups is 2. The molecular weight excluding hydrogens is 328 g/mol. The lowest BCUT2D eigenvalue weighted by molar-refractivity contribution is -0.384. The summed E-state index contributed by atoms with van der Waals surface area (Å²) in [6.07, 6.45) is 0. The zero-order valence-electron chi connectivity index (χ0n) is 10.2. The molecule has 0 bridgehead atoms. The number of benzene rings is 2. The van der Waals surface area contributed by atoms with Crippen molar-refractivity contribution < 1.29 is 15.1 Å². The number of hydrogen-bond acceptors (Lipinski definition) is 5. The van der Waals surface area contributed by atoms with Crippen molar-refractivity contribution in [2.24, 2.45) is 0 Å². The van der Waals surface area contributed by atoms with Crippen molar-refractivity contribution in [3.05, 3.63) is 56.5 Å². The summed E-state index contributed by atoms with van der Waals surface area (Å²) >= 11 is 3.29. The Morgan fingerprint density at radius 3 is 2.65 bits per heavy atom. The molecule has 0 saturated heterocycles. The Bertz CT molecular complexity index is 661. The second-order valence-electron chi connectivity index (χ2n) is 4.09. The first kappa shape index (κ1) is 14.1. The third-order valence-corrected chi connectivity index (χ3v) is 3.18. The van der Waals surface area contributed by atoms with Crippen LogP contribution in [-0.4, -0.2) is 15.1 Å². The fourth-order valence-electron chi connectivity index (χ4n) is 1.71. The molecule has 2 aromatic carbocycles. The number of nitrogens with zero attached hydrogens (tertiary/aromatic N) is 1. The predicted molar refractivity (Wildman–Crippen MR) is 77.9 cm³/mol. The highest BCUT2D eigenvalue weighted by atomic mass is 79.9. The normalized spacial score (nSPS) is 10.2. The molecule has 0 aliphatic heterocycles. The lowest BCUT2D eigenvalue weighted by Gasteiger charge is -2.09. The quantitative estimate of drug-likeness (QED) is 0.451. The molecule has 104 valence electrons. The lowest BCUT2D eigenvalue weighted by Crippen LogP contribution is -2.02. The van der Waals surface area contributed by atoms with Crippen LogP contribution in [0, 0.1) is 10.1 Å². The Hall–Kier alpha value is -2.28. The van der Waals surface area contributed by atoms with Gasteiger partial charge in [0.1, 0.15) is 17.2 Å². The van der Waals surface area contributed by atoms with Crippen LogP contribution in [-0.2, 0) is 6.54 Å². The first-order valence-corrected chi connectivity index (χ1v) is 6.45. The molecule has 2 rings (SSSR count). The van der Waals surface area contributed by atoms with E-state index in [1.807, 2.05) is 0 Å². The topological polar surface area (TPSA) is 95.6 Å². The molecule has 3 N–H and O–H groups in total. The Balaban J connectivity index is 2.23. The van der Waals surface area contributed by atoms with Crippen molar-refractivity contribution in [2.45, 2.75) is 6.54 Å². The molecule has 0 amide bonds. The molecular formula is C13H11BrN2O4. The van der Waals surface area contributed by atoms with Crippen LogP contribution in [0.1, 0.15) is 5.56 Å². The maximum absolute atomic E-state index is 10.9. The molecule has 0 aliphatic carbocycles. The molecule has 6 nitrogen and oxygen atoms in total. The molecule has 0 radical (unpaired) electrons. The van der Waals surface area contributed by atoms with Gasteiger partial charge in [-0.2, -0.15) is 0 Å². The molecule has 7 heteroatoms. The van der Waals surface area contributed by atoms with E-state index in [1.165, 1.54) is 18.2 Å². The number of nitro groups is 1. The van der Waals surface area contributed by atoms with E-state index in [-0.39, 0.29) is 29.4 Å². The second kappa shape index (κ2) is 5.79. The van der Waals surface area contributed by atoms with Gasteiger partial charge in [-0.15, -0.1) is 0 Å². The van der Waals surface area contributed by atoms with Gasteiger partial charge in [0.2, 0.25) is 0 Å². The molecule has 0 saturated carbocycles. The molecule has 0 unspecified atom stereocenters. The minimum Gasteiger partial charge on any atom is -0.508 e. The van der Waals surface area contributed by atoms with Crippen LogP contribution in [0.2, 0.25) is 0 Å². The SMILES string of the molecule is O=[N+]([O-])c1cc(O)ccc1NCc1cc(Br)ccc1O. The number of rotatable bonds is 4. The van der Waals surface area contributed by atoms with Gasteiger partial charge in [0.25, 0.3) is 5.69 Å². The number of phenolic OH excluding ortho intramolecular Hbond substituents is 2. The third-order valence-electron chi connectivity index (χ3n) is 2.69. The van der Waals surface area contributed by atoms with Crippen LogP contribution < -0.4 is 5.32 Å². The Morgan fingerprint density at radius 1 is 1.20 bits per heavy atom. The van der Waals surface area contributed by atoms with Crippen LogP contribution in [0.25, 0.3) is 0 Å². The molecule has 20 heavy (non-hydrogen) atoms. The summed E-state index contributed by atoms with van der Waals surface area (Å²) in [5.41, 5.74) is 0.647. The standard InChI is InChI=1S/C13H11BrN2O4/c14-9-1-4-13(18)8(5-9)7-15-11-3-2-10(17)6-12(11)16(19)20/h1-6,15,17-18H,7H2. The molecule has 2 aromatic rings. The molecule has 0 aliphatic rings. The Morgan fingerprint density at radius 2 is 1.95 bits per heavy atom. The van der Waals surface area contributed by atoms with Crippen molar-refractivity contribution in [2.75, 3.05) is 5.32 Å². The molecule has 0 aromatic heterocycles. The van der Waals surface area contributed by atoms with Crippen LogP contribution in [0.4, 0.5) is 11.4 Å². The van der Waals surface area contributed by atoms with Gasteiger partial charge in [0.15, 0.2) is 0 Å². The number of nitro benzene ring substituents is 1. The minimum atomic E-state index is -0.581. The zero-order chi connectivity index (χ0) is 14.7. The predicted octanol–water partition coefficient (Wildman–Crippen LogP) is 3.38. The Kier molecular flexibility index (Phi) is 4.09. The summed E-state index contributed by atoms with van der Waals surface area (Å²) in [5, 5.41) is 32.8. The van der Waals surface area contributed by atoms with Crippen LogP contribution in [0.5, 0.6) is 11.5 Å². The van der Waals surface area contributed by atoms with Gasteiger partial charge >= 0.3 is 0 Å². The van der Waals surface area contributed by atoms with Crippen molar-refractivity contribution in [1.82, 2.24) is 0 Å². The fraction of sp³-hybridized carbons (Fsp3) is 0.0769. The molecule has 0 fully saturated rings. The van der Waals surface area contributed by atoms with Crippen molar-refractivity contribution in [3.63, 3.8) is 0 Å². The van der Waals surface area contributed by atoms with Crippen molar-refractivity contribution in [3.8, 4) is 11.5 Å². The summed E-state index contributed by atoms with van der Waals surface area (Å²) in [4.78, 5) is 10.3. The number of phenols is 2. The highest BCUT2D eigenvalue weighted by molar-refractivity contribution is 9.10. The van der Waals surface area contributed by atoms with E-state index in [9.17, 15) is 20.3 Å². The largest absolute Gasteiger partial charge is 0.508 e. The van der Waals surface area contributed by atoms with Gasteiger partial charge in [-0.05, 0) is 30.3 Å². The van der Waals surface area contributed by atoms with Crippen molar-refractivity contribution in [1.29, 1.82) is 0 Å². The first-order chi connectivity index (χ1) is 9.47. The maximum atomic E-state index is 10.9. The molecule has 0 heterocycles. The van der Waals surface area contributed by atoms with Gasteiger partial charge in [-0.25, -0.2) is 0 Å². The second-order valence-corrected chi connectivity index (χ2v) is 5.00.